The van der Waals surface area contributed by atoms with Gasteiger partial charge in [-0.25, -0.2) is 4.39 Å². The van der Waals surface area contributed by atoms with Crippen LogP contribution in [0, 0.1) is 5.82 Å². The van der Waals surface area contributed by atoms with Gasteiger partial charge in [-0.2, -0.15) is 0 Å². The fraction of sp³-hybridized carbons (Fsp3) is 0.316. The van der Waals surface area contributed by atoms with Crippen LogP contribution >= 0.6 is 11.8 Å². The standard InChI is InChI=1S/C19H18FN3O3S/c20-15-1-3-16(4-2-15)27-12-17(24)23-8-5-13(6-9-23)18-21-22-19(26-18)14-7-10-25-11-14/h1-4,7,10-11,13H,5-6,8-9,12H2. The van der Waals surface area contributed by atoms with Crippen LogP contribution in [-0.2, 0) is 4.79 Å². The second-order valence-electron chi connectivity index (χ2n) is 6.36. The number of likely N-dealkylation sites (tertiary alicyclic amines) is 1. The van der Waals surface area contributed by atoms with Crippen LogP contribution in [0.1, 0.15) is 24.7 Å². The Bertz CT molecular complexity index is 887. The molecule has 0 bridgehead atoms. The number of thioether (sulfide) groups is 1. The number of piperidine rings is 1. The van der Waals surface area contributed by atoms with Crippen molar-refractivity contribution in [3.05, 3.63) is 54.6 Å². The van der Waals surface area contributed by atoms with Gasteiger partial charge in [0.1, 0.15) is 12.1 Å². The molecule has 1 amide bonds. The van der Waals surface area contributed by atoms with Gasteiger partial charge in [0, 0.05) is 23.9 Å². The van der Waals surface area contributed by atoms with Crippen molar-refractivity contribution in [2.75, 3.05) is 18.8 Å². The minimum absolute atomic E-state index is 0.0902. The zero-order valence-electron chi connectivity index (χ0n) is 14.5. The molecule has 0 spiro atoms. The number of furan rings is 1. The molecule has 2 aromatic heterocycles. The van der Waals surface area contributed by atoms with E-state index in [4.69, 9.17) is 8.83 Å². The van der Waals surface area contributed by atoms with Crippen molar-refractivity contribution in [1.82, 2.24) is 15.1 Å². The van der Waals surface area contributed by atoms with Gasteiger partial charge in [0.25, 0.3) is 5.89 Å². The van der Waals surface area contributed by atoms with Crippen molar-refractivity contribution >= 4 is 17.7 Å². The molecule has 1 fully saturated rings. The van der Waals surface area contributed by atoms with E-state index in [0.29, 0.717) is 30.6 Å². The fourth-order valence-corrected chi connectivity index (χ4v) is 3.85. The number of rotatable bonds is 5. The summed E-state index contributed by atoms with van der Waals surface area (Å²) < 4.78 is 23.7. The first-order valence-corrected chi connectivity index (χ1v) is 9.70. The zero-order valence-corrected chi connectivity index (χ0v) is 15.3. The lowest BCUT2D eigenvalue weighted by Crippen LogP contribution is -2.39. The molecule has 0 atom stereocenters. The van der Waals surface area contributed by atoms with Gasteiger partial charge in [-0.3, -0.25) is 4.79 Å². The van der Waals surface area contributed by atoms with Gasteiger partial charge >= 0.3 is 0 Å². The summed E-state index contributed by atoms with van der Waals surface area (Å²) in [6.07, 6.45) is 4.71. The van der Waals surface area contributed by atoms with Crippen molar-refractivity contribution in [2.24, 2.45) is 0 Å². The second kappa shape index (κ2) is 7.96. The Labute approximate surface area is 159 Å². The Hall–Kier alpha value is -2.61. The maximum atomic E-state index is 12.9. The molecule has 0 N–H and O–H groups in total. The number of nitrogens with zero attached hydrogens (tertiary/aromatic N) is 3. The Morgan fingerprint density at radius 1 is 1.19 bits per heavy atom. The average molecular weight is 387 g/mol. The van der Waals surface area contributed by atoms with Gasteiger partial charge in [0.2, 0.25) is 11.8 Å². The molecule has 6 nitrogen and oxygen atoms in total. The van der Waals surface area contributed by atoms with E-state index in [1.807, 2.05) is 4.90 Å². The molecule has 0 radical (unpaired) electrons. The Kier molecular flexibility index (Phi) is 5.24. The predicted molar refractivity (Wildman–Crippen MR) is 97.7 cm³/mol. The SMILES string of the molecule is O=C(CSc1ccc(F)cc1)N1CCC(c2nnc(-c3ccoc3)o2)CC1. The first kappa shape index (κ1) is 17.8. The lowest BCUT2D eigenvalue weighted by atomic mass is 9.97. The highest BCUT2D eigenvalue weighted by molar-refractivity contribution is 8.00. The Morgan fingerprint density at radius 2 is 1.96 bits per heavy atom. The van der Waals surface area contributed by atoms with E-state index in [9.17, 15) is 9.18 Å². The molecule has 27 heavy (non-hydrogen) atoms. The number of benzene rings is 1. The summed E-state index contributed by atoms with van der Waals surface area (Å²) in [6, 6.07) is 7.96. The Morgan fingerprint density at radius 3 is 2.67 bits per heavy atom. The smallest absolute Gasteiger partial charge is 0.250 e. The van der Waals surface area contributed by atoms with Crippen molar-refractivity contribution in [3.8, 4) is 11.5 Å². The first-order chi connectivity index (χ1) is 13.2. The summed E-state index contributed by atoms with van der Waals surface area (Å²) in [5.74, 6) is 1.39. The summed E-state index contributed by atoms with van der Waals surface area (Å²) >= 11 is 1.42. The Balaban J connectivity index is 1.28. The molecule has 8 heteroatoms. The largest absolute Gasteiger partial charge is 0.472 e. The lowest BCUT2D eigenvalue weighted by Gasteiger charge is -2.30. The third-order valence-electron chi connectivity index (χ3n) is 4.58. The van der Waals surface area contributed by atoms with E-state index in [-0.39, 0.29) is 17.6 Å². The summed E-state index contributed by atoms with van der Waals surface area (Å²) in [5, 5.41) is 8.22. The number of aromatic nitrogens is 2. The molecule has 1 aliphatic heterocycles. The highest BCUT2D eigenvalue weighted by Crippen LogP contribution is 2.30. The van der Waals surface area contributed by atoms with Crippen LogP contribution in [0.15, 0.2) is 56.6 Å². The van der Waals surface area contributed by atoms with Crippen LogP contribution < -0.4 is 0 Å². The van der Waals surface area contributed by atoms with E-state index in [1.165, 1.54) is 23.9 Å². The van der Waals surface area contributed by atoms with Crippen LogP contribution in [0.3, 0.4) is 0 Å². The second-order valence-corrected chi connectivity index (χ2v) is 7.40. The number of carbonyl (C=O) groups excluding carboxylic acids is 1. The van der Waals surface area contributed by atoms with E-state index < -0.39 is 0 Å². The van der Waals surface area contributed by atoms with Gasteiger partial charge in [-0.05, 0) is 43.2 Å². The number of hydrogen-bond donors (Lipinski definition) is 0. The van der Waals surface area contributed by atoms with Gasteiger partial charge < -0.3 is 13.7 Å². The fourth-order valence-electron chi connectivity index (χ4n) is 3.05. The van der Waals surface area contributed by atoms with E-state index in [1.54, 1.807) is 30.7 Å². The van der Waals surface area contributed by atoms with E-state index in [2.05, 4.69) is 10.2 Å². The molecule has 0 saturated carbocycles. The maximum absolute atomic E-state index is 12.9. The highest BCUT2D eigenvalue weighted by atomic mass is 32.2. The number of hydrogen-bond acceptors (Lipinski definition) is 6. The maximum Gasteiger partial charge on any atom is 0.250 e. The molecular formula is C19H18FN3O3S. The van der Waals surface area contributed by atoms with Crippen molar-refractivity contribution in [2.45, 2.75) is 23.7 Å². The first-order valence-electron chi connectivity index (χ1n) is 8.71. The van der Waals surface area contributed by atoms with Crippen molar-refractivity contribution in [1.29, 1.82) is 0 Å². The van der Waals surface area contributed by atoms with Gasteiger partial charge in [0.15, 0.2) is 0 Å². The topological polar surface area (TPSA) is 72.4 Å². The monoisotopic (exact) mass is 387 g/mol. The third-order valence-corrected chi connectivity index (χ3v) is 5.58. The molecule has 1 aromatic carbocycles. The van der Waals surface area contributed by atoms with Crippen LogP contribution in [0.4, 0.5) is 4.39 Å². The molecule has 140 valence electrons. The minimum atomic E-state index is -0.273. The summed E-state index contributed by atoms with van der Waals surface area (Å²) in [7, 11) is 0. The van der Waals surface area contributed by atoms with Gasteiger partial charge in [-0.1, -0.05) is 0 Å². The third kappa shape index (κ3) is 4.21. The molecule has 1 aliphatic rings. The number of carbonyl (C=O) groups is 1. The normalized spacial score (nSPS) is 15.2. The summed E-state index contributed by atoms with van der Waals surface area (Å²) in [5.41, 5.74) is 0.763. The summed E-state index contributed by atoms with van der Waals surface area (Å²) in [6.45, 7) is 1.33. The lowest BCUT2D eigenvalue weighted by molar-refractivity contribution is -0.129. The molecule has 4 rings (SSSR count). The van der Waals surface area contributed by atoms with Crippen molar-refractivity contribution < 1.29 is 18.0 Å². The number of amides is 1. The van der Waals surface area contributed by atoms with Crippen LogP contribution in [0.2, 0.25) is 0 Å². The molecule has 3 aromatic rings. The number of halogens is 1. The van der Waals surface area contributed by atoms with Gasteiger partial charge in [0.05, 0.1) is 17.6 Å². The van der Waals surface area contributed by atoms with E-state index in [0.717, 1.165) is 23.3 Å². The zero-order chi connectivity index (χ0) is 18.6. The quantitative estimate of drug-likeness (QED) is 0.617. The molecule has 0 unspecified atom stereocenters. The molecular weight excluding hydrogens is 369 g/mol. The highest BCUT2D eigenvalue weighted by Gasteiger charge is 2.27. The minimum Gasteiger partial charge on any atom is -0.472 e. The van der Waals surface area contributed by atoms with E-state index >= 15 is 0 Å². The molecule has 3 heterocycles. The molecule has 0 aliphatic carbocycles. The summed E-state index contributed by atoms with van der Waals surface area (Å²) in [4.78, 5) is 15.2. The average Bonchev–Trinajstić information content (AvgIpc) is 3.39. The van der Waals surface area contributed by atoms with Crippen LogP contribution in [0.25, 0.3) is 11.5 Å². The van der Waals surface area contributed by atoms with Crippen molar-refractivity contribution in [3.63, 3.8) is 0 Å². The van der Waals surface area contributed by atoms with Crippen LogP contribution in [-0.4, -0.2) is 39.8 Å². The van der Waals surface area contributed by atoms with Crippen LogP contribution in [0.5, 0.6) is 0 Å². The molecule has 1 saturated heterocycles. The van der Waals surface area contributed by atoms with Gasteiger partial charge in [-0.15, -0.1) is 22.0 Å². The predicted octanol–water partition coefficient (Wildman–Crippen LogP) is 3.97.